The molecule has 0 heterocycles. The van der Waals surface area contributed by atoms with Gasteiger partial charge in [-0.05, 0) is 30.0 Å². The van der Waals surface area contributed by atoms with E-state index in [2.05, 4.69) is 29.8 Å². The van der Waals surface area contributed by atoms with Crippen LogP contribution in [0.5, 0.6) is 0 Å². The molecule has 0 aromatic heterocycles. The number of urea groups is 1. The Kier molecular flexibility index (Phi) is 8.75. The van der Waals surface area contributed by atoms with E-state index in [1.165, 1.54) is 0 Å². The molecular formula is C17H27N3O3. The van der Waals surface area contributed by atoms with Gasteiger partial charge in [0.05, 0.1) is 0 Å². The summed E-state index contributed by atoms with van der Waals surface area (Å²) in [5.41, 5.74) is 1.54. The Bertz CT molecular complexity index is 486. The van der Waals surface area contributed by atoms with E-state index in [-0.39, 0.29) is 11.9 Å². The molecule has 0 bridgehead atoms. The Balaban J connectivity index is 2.17. The summed E-state index contributed by atoms with van der Waals surface area (Å²) >= 11 is 0. The van der Waals surface area contributed by atoms with E-state index in [9.17, 15) is 9.59 Å². The van der Waals surface area contributed by atoms with E-state index >= 15 is 0 Å². The summed E-state index contributed by atoms with van der Waals surface area (Å²) in [7, 11) is 1.59. The van der Waals surface area contributed by atoms with Gasteiger partial charge in [0.15, 0.2) is 0 Å². The number of hydrogen-bond acceptors (Lipinski definition) is 3. The summed E-state index contributed by atoms with van der Waals surface area (Å²) < 4.78 is 5.44. The maximum atomic E-state index is 11.7. The van der Waals surface area contributed by atoms with Crippen LogP contribution in [0.3, 0.4) is 0 Å². The maximum absolute atomic E-state index is 11.7. The second-order valence-corrected chi connectivity index (χ2v) is 5.71. The van der Waals surface area contributed by atoms with Crippen LogP contribution >= 0.6 is 0 Å². The zero-order valence-corrected chi connectivity index (χ0v) is 14.1. The summed E-state index contributed by atoms with van der Waals surface area (Å²) in [6.45, 7) is 6.61. The average Bonchev–Trinajstić information content (AvgIpc) is 2.55. The van der Waals surface area contributed by atoms with Crippen LogP contribution in [0.1, 0.15) is 36.2 Å². The molecule has 0 fully saturated rings. The number of ether oxygens (including phenoxy) is 1. The van der Waals surface area contributed by atoms with Gasteiger partial charge >= 0.3 is 6.03 Å². The van der Waals surface area contributed by atoms with Crippen molar-refractivity contribution in [1.29, 1.82) is 0 Å². The monoisotopic (exact) mass is 321 g/mol. The standard InChI is InChI=1S/C17H27N3O3/c1-13(2)12-23-10-4-9-19-17(22)20-11-14-5-7-15(8-6-14)16(21)18-3/h5-8,13H,4,9-12H2,1-3H3,(H,18,21)(H2,19,20,22). The second-order valence-electron chi connectivity index (χ2n) is 5.71. The van der Waals surface area contributed by atoms with Gasteiger partial charge in [-0.25, -0.2) is 4.79 Å². The van der Waals surface area contributed by atoms with Crippen LogP contribution < -0.4 is 16.0 Å². The highest BCUT2D eigenvalue weighted by molar-refractivity contribution is 5.93. The Morgan fingerprint density at radius 2 is 1.83 bits per heavy atom. The average molecular weight is 321 g/mol. The first kappa shape index (κ1) is 19.0. The third kappa shape index (κ3) is 8.21. The fraction of sp³-hybridized carbons (Fsp3) is 0.529. The van der Waals surface area contributed by atoms with E-state index in [0.29, 0.717) is 31.2 Å². The van der Waals surface area contributed by atoms with Crippen molar-refractivity contribution in [3.63, 3.8) is 0 Å². The summed E-state index contributed by atoms with van der Waals surface area (Å²) in [4.78, 5) is 23.1. The lowest BCUT2D eigenvalue weighted by Crippen LogP contribution is -2.35. The number of benzene rings is 1. The quantitative estimate of drug-likeness (QED) is 0.608. The molecule has 1 aromatic rings. The van der Waals surface area contributed by atoms with Gasteiger partial charge in [-0.3, -0.25) is 4.79 Å². The highest BCUT2D eigenvalue weighted by atomic mass is 16.5. The lowest BCUT2D eigenvalue weighted by atomic mass is 10.1. The van der Waals surface area contributed by atoms with Crippen LogP contribution in [0.25, 0.3) is 0 Å². The van der Waals surface area contributed by atoms with Crippen LogP contribution in [0.15, 0.2) is 24.3 Å². The molecular weight excluding hydrogens is 294 g/mol. The van der Waals surface area contributed by atoms with Crippen LogP contribution in [-0.4, -0.2) is 38.7 Å². The highest BCUT2D eigenvalue weighted by Gasteiger charge is 2.03. The number of rotatable bonds is 9. The largest absolute Gasteiger partial charge is 0.381 e. The molecule has 1 rings (SSSR count). The van der Waals surface area contributed by atoms with E-state index in [4.69, 9.17) is 4.74 Å². The molecule has 3 amide bonds. The normalized spacial score (nSPS) is 10.4. The van der Waals surface area contributed by atoms with Crippen molar-refractivity contribution in [1.82, 2.24) is 16.0 Å². The highest BCUT2D eigenvalue weighted by Crippen LogP contribution is 2.04. The molecule has 0 atom stereocenters. The van der Waals surface area contributed by atoms with Gasteiger partial charge < -0.3 is 20.7 Å². The molecule has 0 aliphatic heterocycles. The Labute approximate surface area is 138 Å². The Morgan fingerprint density at radius 3 is 2.43 bits per heavy atom. The van der Waals surface area contributed by atoms with Crippen LogP contribution in [-0.2, 0) is 11.3 Å². The first-order chi connectivity index (χ1) is 11.0. The Morgan fingerprint density at radius 1 is 1.13 bits per heavy atom. The minimum absolute atomic E-state index is 0.123. The molecule has 0 aliphatic rings. The lowest BCUT2D eigenvalue weighted by Gasteiger charge is -2.09. The SMILES string of the molecule is CNC(=O)c1ccc(CNC(=O)NCCCOCC(C)C)cc1. The third-order valence-electron chi connectivity index (χ3n) is 3.10. The zero-order chi connectivity index (χ0) is 17.1. The molecule has 0 radical (unpaired) electrons. The van der Waals surface area contributed by atoms with Gasteiger partial charge in [0, 0.05) is 38.9 Å². The number of hydrogen-bond donors (Lipinski definition) is 3. The zero-order valence-electron chi connectivity index (χ0n) is 14.1. The van der Waals surface area contributed by atoms with Gasteiger partial charge in [0.1, 0.15) is 0 Å². The van der Waals surface area contributed by atoms with Gasteiger partial charge in [-0.2, -0.15) is 0 Å². The number of amides is 3. The number of nitrogens with one attached hydrogen (secondary N) is 3. The maximum Gasteiger partial charge on any atom is 0.315 e. The first-order valence-corrected chi connectivity index (χ1v) is 7.93. The summed E-state index contributed by atoms with van der Waals surface area (Å²) in [6, 6.07) is 6.92. The molecule has 3 N–H and O–H groups in total. The second kappa shape index (κ2) is 10.6. The predicted octanol–water partition coefficient (Wildman–Crippen LogP) is 1.91. The smallest absolute Gasteiger partial charge is 0.315 e. The predicted molar refractivity (Wildman–Crippen MR) is 90.3 cm³/mol. The number of carbonyl (C=O) groups excluding carboxylic acids is 2. The molecule has 6 heteroatoms. The van der Waals surface area contributed by atoms with Gasteiger partial charge in [0.2, 0.25) is 0 Å². The molecule has 0 unspecified atom stereocenters. The van der Waals surface area contributed by atoms with Gasteiger partial charge in [-0.1, -0.05) is 26.0 Å². The molecule has 23 heavy (non-hydrogen) atoms. The Hall–Kier alpha value is -2.08. The van der Waals surface area contributed by atoms with Gasteiger partial charge in [-0.15, -0.1) is 0 Å². The minimum atomic E-state index is -0.204. The van der Waals surface area contributed by atoms with E-state index in [1.807, 2.05) is 12.1 Å². The van der Waals surface area contributed by atoms with Gasteiger partial charge in [0.25, 0.3) is 5.91 Å². The van der Waals surface area contributed by atoms with E-state index < -0.39 is 0 Å². The lowest BCUT2D eigenvalue weighted by molar-refractivity contribution is 0.0963. The van der Waals surface area contributed by atoms with Crippen molar-refractivity contribution in [2.45, 2.75) is 26.8 Å². The third-order valence-corrected chi connectivity index (χ3v) is 3.10. The molecule has 128 valence electrons. The summed E-state index contributed by atoms with van der Waals surface area (Å²) in [5, 5.41) is 8.13. The van der Waals surface area contributed by atoms with E-state index in [1.54, 1.807) is 19.2 Å². The van der Waals surface area contributed by atoms with E-state index in [0.717, 1.165) is 18.6 Å². The molecule has 6 nitrogen and oxygen atoms in total. The van der Waals surface area contributed by atoms with Crippen molar-refractivity contribution < 1.29 is 14.3 Å². The fourth-order valence-electron chi connectivity index (χ4n) is 1.86. The van der Waals surface area contributed by atoms with Crippen molar-refractivity contribution in [2.75, 3.05) is 26.8 Å². The topological polar surface area (TPSA) is 79.5 Å². The first-order valence-electron chi connectivity index (χ1n) is 7.93. The van der Waals surface area contributed by atoms with Crippen molar-refractivity contribution in [3.05, 3.63) is 35.4 Å². The molecule has 0 saturated heterocycles. The molecule has 0 saturated carbocycles. The molecule has 0 spiro atoms. The van der Waals surface area contributed by atoms with Crippen LogP contribution in [0.4, 0.5) is 4.79 Å². The van der Waals surface area contributed by atoms with Crippen molar-refractivity contribution >= 4 is 11.9 Å². The van der Waals surface area contributed by atoms with Crippen LogP contribution in [0.2, 0.25) is 0 Å². The fourth-order valence-corrected chi connectivity index (χ4v) is 1.86. The van der Waals surface area contributed by atoms with Crippen LogP contribution in [0, 0.1) is 5.92 Å². The molecule has 1 aromatic carbocycles. The van der Waals surface area contributed by atoms with Crippen molar-refractivity contribution in [2.24, 2.45) is 5.92 Å². The number of carbonyl (C=O) groups is 2. The molecule has 0 aliphatic carbocycles. The van der Waals surface area contributed by atoms with Crippen molar-refractivity contribution in [3.8, 4) is 0 Å². The summed E-state index contributed by atoms with van der Waals surface area (Å²) in [6.07, 6.45) is 0.793. The minimum Gasteiger partial charge on any atom is -0.381 e. The summed E-state index contributed by atoms with van der Waals surface area (Å²) in [5.74, 6) is 0.406.